The van der Waals surface area contributed by atoms with Crippen LogP contribution in [0, 0.1) is 6.61 Å². The van der Waals surface area contributed by atoms with Crippen LogP contribution in [-0.2, 0) is 14.5 Å². The van der Waals surface area contributed by atoms with Gasteiger partial charge in [0, 0.05) is 13.5 Å². The topological polar surface area (TPSA) is 54.0 Å². The number of ether oxygens (including phenoxy) is 2. The van der Waals surface area contributed by atoms with Crippen LogP contribution in [0.1, 0.15) is 30.6 Å². The van der Waals surface area contributed by atoms with E-state index in [9.17, 15) is 4.79 Å². The first-order chi connectivity index (χ1) is 9.00. The van der Waals surface area contributed by atoms with Gasteiger partial charge in [0.25, 0.3) is 0 Å². The minimum atomic E-state index is -0.607. The molecule has 0 saturated carbocycles. The lowest BCUT2D eigenvalue weighted by Gasteiger charge is -2.21. The number of para-hydroxylation sites is 1. The van der Waals surface area contributed by atoms with Gasteiger partial charge in [-0.1, -0.05) is 12.1 Å². The largest absolute Gasteiger partial charge is 0.496 e. The SMILES string of the molecule is COc1ccccc1C(=O)OO[CH]CC(C)(C)OC. The molecule has 0 heterocycles. The maximum absolute atomic E-state index is 11.7. The van der Waals surface area contributed by atoms with Crippen molar-refractivity contribution in [1.82, 2.24) is 0 Å². The fourth-order valence-electron chi connectivity index (χ4n) is 1.25. The monoisotopic (exact) mass is 267 g/mol. The van der Waals surface area contributed by atoms with Crippen molar-refractivity contribution < 1.29 is 24.0 Å². The van der Waals surface area contributed by atoms with E-state index in [1.165, 1.54) is 13.7 Å². The molecular formula is C14H19O5. The quantitative estimate of drug-likeness (QED) is 0.432. The Morgan fingerprint density at radius 1 is 1.26 bits per heavy atom. The highest BCUT2D eigenvalue weighted by Gasteiger charge is 2.18. The molecule has 0 unspecified atom stereocenters. The molecule has 0 aliphatic heterocycles. The predicted octanol–water partition coefficient (Wildman–Crippen LogP) is 2.76. The summed E-state index contributed by atoms with van der Waals surface area (Å²) in [6.45, 7) is 5.18. The van der Waals surface area contributed by atoms with E-state index < -0.39 is 5.97 Å². The van der Waals surface area contributed by atoms with Crippen molar-refractivity contribution in [2.45, 2.75) is 25.9 Å². The Balaban J connectivity index is 2.44. The van der Waals surface area contributed by atoms with Crippen LogP contribution in [0.4, 0.5) is 0 Å². The maximum Gasteiger partial charge on any atom is 0.376 e. The fourth-order valence-corrected chi connectivity index (χ4v) is 1.25. The summed E-state index contributed by atoms with van der Waals surface area (Å²) >= 11 is 0. The normalized spacial score (nSPS) is 11.2. The summed E-state index contributed by atoms with van der Waals surface area (Å²) < 4.78 is 10.3. The molecule has 0 aliphatic rings. The van der Waals surface area contributed by atoms with Crippen molar-refractivity contribution in [2.24, 2.45) is 0 Å². The standard InChI is InChI=1S/C14H19O5/c1-14(2,17-4)9-10-18-19-13(15)11-7-5-6-8-12(11)16-3/h5-8,10H,9H2,1-4H3. The minimum Gasteiger partial charge on any atom is -0.496 e. The molecular weight excluding hydrogens is 248 g/mol. The van der Waals surface area contributed by atoms with Crippen LogP contribution in [0.5, 0.6) is 5.75 Å². The van der Waals surface area contributed by atoms with E-state index in [0.29, 0.717) is 17.7 Å². The Hall–Kier alpha value is -1.59. The second kappa shape index (κ2) is 7.11. The number of hydrogen-bond donors (Lipinski definition) is 0. The molecule has 5 heteroatoms. The molecule has 0 bridgehead atoms. The Morgan fingerprint density at radius 3 is 2.58 bits per heavy atom. The molecule has 105 valence electrons. The Bertz CT molecular complexity index is 414. The summed E-state index contributed by atoms with van der Waals surface area (Å²) in [5.41, 5.74) is -0.0546. The van der Waals surface area contributed by atoms with Gasteiger partial charge in [-0.25, -0.2) is 4.79 Å². The second-order valence-electron chi connectivity index (χ2n) is 4.50. The zero-order chi connectivity index (χ0) is 14.3. The van der Waals surface area contributed by atoms with E-state index >= 15 is 0 Å². The van der Waals surface area contributed by atoms with E-state index in [1.807, 2.05) is 13.8 Å². The average molecular weight is 267 g/mol. The Morgan fingerprint density at radius 2 is 1.95 bits per heavy atom. The number of hydrogen-bond acceptors (Lipinski definition) is 5. The lowest BCUT2D eigenvalue weighted by atomic mass is 10.1. The van der Waals surface area contributed by atoms with Crippen molar-refractivity contribution in [2.75, 3.05) is 14.2 Å². The van der Waals surface area contributed by atoms with Gasteiger partial charge >= 0.3 is 5.97 Å². The molecule has 0 atom stereocenters. The molecule has 0 N–H and O–H groups in total. The number of carbonyl (C=O) groups is 1. The average Bonchev–Trinajstić information content (AvgIpc) is 2.43. The zero-order valence-electron chi connectivity index (χ0n) is 11.6. The third-order valence-corrected chi connectivity index (χ3v) is 2.65. The molecule has 1 aromatic rings. The fraction of sp³-hybridized carbons (Fsp3) is 0.429. The predicted molar refractivity (Wildman–Crippen MR) is 69.5 cm³/mol. The lowest BCUT2D eigenvalue weighted by Crippen LogP contribution is -2.22. The first kappa shape index (κ1) is 15.5. The van der Waals surface area contributed by atoms with E-state index in [1.54, 1.807) is 31.4 Å². The molecule has 1 aromatic carbocycles. The summed E-state index contributed by atoms with van der Waals surface area (Å²) in [6.07, 6.45) is 0.489. The molecule has 0 spiro atoms. The lowest BCUT2D eigenvalue weighted by molar-refractivity contribution is -0.218. The summed E-state index contributed by atoms with van der Waals surface area (Å²) in [5, 5.41) is 0. The van der Waals surface area contributed by atoms with Gasteiger partial charge < -0.3 is 9.47 Å². The number of benzene rings is 1. The smallest absolute Gasteiger partial charge is 0.376 e. The van der Waals surface area contributed by atoms with E-state index in [4.69, 9.17) is 14.4 Å². The highest BCUT2D eigenvalue weighted by Crippen LogP contribution is 2.19. The van der Waals surface area contributed by atoms with E-state index in [2.05, 4.69) is 4.89 Å². The number of carbonyl (C=O) groups excluding carboxylic acids is 1. The molecule has 0 aliphatic carbocycles. The van der Waals surface area contributed by atoms with Crippen LogP contribution in [0.15, 0.2) is 24.3 Å². The van der Waals surface area contributed by atoms with Crippen LogP contribution in [0.2, 0.25) is 0 Å². The maximum atomic E-state index is 11.7. The number of rotatable bonds is 7. The molecule has 0 saturated heterocycles. The van der Waals surface area contributed by atoms with Crippen LogP contribution in [-0.4, -0.2) is 25.8 Å². The van der Waals surface area contributed by atoms with Crippen LogP contribution < -0.4 is 4.74 Å². The number of methoxy groups -OCH3 is 2. The van der Waals surface area contributed by atoms with E-state index in [-0.39, 0.29) is 5.60 Å². The van der Waals surface area contributed by atoms with Crippen LogP contribution >= 0.6 is 0 Å². The van der Waals surface area contributed by atoms with Gasteiger partial charge in [-0.05, 0) is 26.0 Å². The third-order valence-electron chi connectivity index (χ3n) is 2.65. The molecule has 0 amide bonds. The van der Waals surface area contributed by atoms with Gasteiger partial charge in [0.05, 0.1) is 12.7 Å². The van der Waals surface area contributed by atoms with Gasteiger partial charge in [0.15, 0.2) is 0 Å². The van der Waals surface area contributed by atoms with Crippen LogP contribution in [0.25, 0.3) is 0 Å². The Kier molecular flexibility index (Phi) is 5.79. The second-order valence-corrected chi connectivity index (χ2v) is 4.50. The molecule has 1 radical (unpaired) electrons. The summed E-state index contributed by atoms with van der Waals surface area (Å²) in [6, 6.07) is 6.76. The summed E-state index contributed by atoms with van der Waals surface area (Å²) in [4.78, 5) is 21.2. The third kappa shape index (κ3) is 4.89. The highest BCUT2D eigenvalue weighted by molar-refractivity contribution is 5.92. The van der Waals surface area contributed by atoms with Gasteiger partial charge in [-0.15, -0.1) is 0 Å². The highest BCUT2D eigenvalue weighted by atomic mass is 17.2. The van der Waals surface area contributed by atoms with Gasteiger partial charge in [0.2, 0.25) is 0 Å². The first-order valence-electron chi connectivity index (χ1n) is 5.87. The van der Waals surface area contributed by atoms with Crippen molar-refractivity contribution in [1.29, 1.82) is 0 Å². The molecule has 19 heavy (non-hydrogen) atoms. The summed E-state index contributed by atoms with van der Waals surface area (Å²) in [5.74, 6) is -0.169. The summed E-state index contributed by atoms with van der Waals surface area (Å²) in [7, 11) is 3.09. The van der Waals surface area contributed by atoms with Crippen molar-refractivity contribution >= 4 is 5.97 Å². The molecule has 0 aromatic heterocycles. The van der Waals surface area contributed by atoms with Crippen molar-refractivity contribution in [3.8, 4) is 5.75 Å². The van der Waals surface area contributed by atoms with Gasteiger partial charge in [0.1, 0.15) is 17.9 Å². The van der Waals surface area contributed by atoms with Gasteiger partial charge in [-0.3, -0.25) is 4.89 Å². The molecule has 0 fully saturated rings. The van der Waals surface area contributed by atoms with Crippen molar-refractivity contribution in [3.05, 3.63) is 36.4 Å². The minimum absolute atomic E-state index is 0.310. The first-order valence-corrected chi connectivity index (χ1v) is 5.87. The van der Waals surface area contributed by atoms with Gasteiger partial charge in [-0.2, -0.15) is 4.89 Å². The molecule has 1 rings (SSSR count). The zero-order valence-corrected chi connectivity index (χ0v) is 11.6. The van der Waals surface area contributed by atoms with Crippen molar-refractivity contribution in [3.63, 3.8) is 0 Å². The Labute approximate surface area is 113 Å². The van der Waals surface area contributed by atoms with Crippen LogP contribution in [0.3, 0.4) is 0 Å². The van der Waals surface area contributed by atoms with E-state index in [0.717, 1.165) is 0 Å². The molecule has 5 nitrogen and oxygen atoms in total.